The predicted molar refractivity (Wildman–Crippen MR) is 354 cm³/mol. The fraction of sp³-hybridized carbons (Fsp3) is 0.154. The van der Waals surface area contributed by atoms with Crippen LogP contribution in [0.5, 0.6) is 11.5 Å². The van der Waals surface area contributed by atoms with Gasteiger partial charge in [0.15, 0.2) is 0 Å². The van der Waals surface area contributed by atoms with Crippen LogP contribution in [0.25, 0.3) is 33.4 Å². The third kappa shape index (κ3) is 10.5. The van der Waals surface area contributed by atoms with Crippen LogP contribution in [0.15, 0.2) is 249 Å². The molecule has 0 bridgehead atoms. The van der Waals surface area contributed by atoms with E-state index < -0.39 is 26.2 Å². The summed E-state index contributed by atoms with van der Waals surface area (Å²) in [7, 11) is -3.04. The Hall–Kier alpha value is -8.54. The number of nitrogens with zero attached hydrogens (tertiary/aromatic N) is 4. The van der Waals surface area contributed by atoms with Gasteiger partial charge < -0.3 is 19.4 Å². The van der Waals surface area contributed by atoms with Crippen molar-refractivity contribution in [1.29, 1.82) is 0 Å². The van der Waals surface area contributed by atoms with Crippen molar-refractivity contribution in [2.75, 3.05) is 14.7 Å². The summed E-state index contributed by atoms with van der Waals surface area (Å²) in [6, 6.07) is 80.2. The minimum Gasteiger partial charge on any atom is -0.509 e. The molecule has 85 heavy (non-hydrogen) atoms. The molecule has 0 unspecified atom stereocenters. The molecule has 3 heterocycles. The Labute approximate surface area is 525 Å². The Balaban J connectivity index is 0.00000785. The topological polar surface area (TPSA) is 31.8 Å². The molecule has 424 valence electrons. The second-order valence-corrected chi connectivity index (χ2v) is 28.7. The van der Waals surface area contributed by atoms with E-state index in [4.69, 9.17) is 13.8 Å². The smallest absolute Gasteiger partial charge is 0.135 e. The molecule has 0 spiro atoms. The number of hydrogen-bond donors (Lipinski definition) is 0. The molecule has 7 heteroatoms. The predicted octanol–water partition coefficient (Wildman–Crippen LogP) is 17.9. The Morgan fingerprint density at radius 1 is 0.459 bits per heavy atom. The molecule has 0 amide bonds. The molecule has 5 nitrogen and oxygen atoms in total. The minimum atomic E-state index is -3.04. The van der Waals surface area contributed by atoms with Gasteiger partial charge in [-0.1, -0.05) is 254 Å². The molecule has 0 atom stereocenters. The van der Waals surface area contributed by atoms with Gasteiger partial charge in [-0.2, -0.15) is 12.1 Å². The molecule has 0 radical (unpaired) electrons. The number of ether oxygens (including phenoxy) is 1. The van der Waals surface area contributed by atoms with Gasteiger partial charge in [-0.05, 0) is 96.8 Å². The minimum absolute atomic E-state index is 0. The van der Waals surface area contributed by atoms with E-state index >= 15 is 0 Å². The maximum atomic E-state index is 9.41. The summed E-state index contributed by atoms with van der Waals surface area (Å²) in [5.41, 5.74) is 12.4. The van der Waals surface area contributed by atoms with Gasteiger partial charge in [-0.15, -0.1) is 47.9 Å². The zero-order valence-corrected chi connectivity index (χ0v) is 52.6. The molecular weight excluding hydrogens is 1230 g/mol. The monoisotopic (exact) mass is 1310 g/mol. The van der Waals surface area contributed by atoms with Gasteiger partial charge in [0, 0.05) is 72.6 Å². The first kappa shape index (κ1) is 50.9. The molecule has 0 saturated heterocycles. The van der Waals surface area contributed by atoms with E-state index in [9.17, 15) is 2.74 Å². The molecule has 13 rings (SSSR count). The van der Waals surface area contributed by atoms with Gasteiger partial charge in [-0.3, -0.25) is 0 Å². The van der Waals surface area contributed by atoms with Crippen LogP contribution in [0.1, 0.15) is 85.9 Å². The largest absolute Gasteiger partial charge is 0.509 e. The average molecular weight is 1310 g/mol. The van der Waals surface area contributed by atoms with Crippen LogP contribution in [-0.4, -0.2) is 13.1 Å². The number of para-hydroxylation sites is 4. The summed E-state index contributed by atoms with van der Waals surface area (Å²) >= 11 is 0. The van der Waals surface area contributed by atoms with E-state index in [1.54, 1.807) is 0 Å². The maximum Gasteiger partial charge on any atom is 0.135 e. The number of fused-ring (bicyclic) bond motifs is 3. The molecule has 2 aliphatic heterocycles. The van der Waals surface area contributed by atoms with E-state index in [0.29, 0.717) is 28.4 Å². The van der Waals surface area contributed by atoms with Crippen molar-refractivity contribution in [3.8, 4) is 44.9 Å². The van der Waals surface area contributed by atoms with Crippen molar-refractivity contribution in [2.45, 2.75) is 78.6 Å². The number of pyridine rings is 1. The fourth-order valence-corrected chi connectivity index (χ4v) is 17.1. The Bertz CT molecular complexity index is 4490. The number of benzene rings is 10. The summed E-state index contributed by atoms with van der Waals surface area (Å²) in [5, 5.41) is 4.91. The first-order valence-electron chi connectivity index (χ1n) is 31.3. The van der Waals surface area contributed by atoms with Crippen LogP contribution in [0.4, 0.5) is 39.9 Å². The zero-order chi connectivity index (χ0) is 62.3. The molecule has 0 fully saturated rings. The second kappa shape index (κ2) is 22.5. The number of aromatic nitrogens is 1. The van der Waals surface area contributed by atoms with Crippen LogP contribution in [0.2, 0.25) is 0 Å². The maximum absolute atomic E-state index is 9.41. The molecule has 10 aromatic carbocycles. The normalized spacial score (nSPS) is 14.4. The fourth-order valence-electron chi connectivity index (χ4n) is 12.1. The number of rotatable bonds is 10. The van der Waals surface area contributed by atoms with Crippen molar-refractivity contribution in [1.82, 2.24) is 4.98 Å². The van der Waals surface area contributed by atoms with Crippen LogP contribution >= 0.6 is 0 Å². The van der Waals surface area contributed by atoms with Gasteiger partial charge in [-0.25, -0.2) is 4.98 Å². The van der Waals surface area contributed by atoms with E-state index in [1.165, 1.54) is 21.1 Å². The van der Waals surface area contributed by atoms with Gasteiger partial charge in [0.2, 0.25) is 0 Å². The van der Waals surface area contributed by atoms with Crippen molar-refractivity contribution >= 4 is 68.8 Å². The summed E-state index contributed by atoms with van der Waals surface area (Å²) in [6.07, 6.45) is 1.91. The second-order valence-electron chi connectivity index (χ2n) is 25.0. The van der Waals surface area contributed by atoms with Crippen molar-refractivity contribution in [2.24, 2.45) is 0 Å². The summed E-state index contributed by atoms with van der Waals surface area (Å²) in [4.78, 5) is 11.5. The van der Waals surface area contributed by atoms with Gasteiger partial charge >= 0.3 is 0 Å². The van der Waals surface area contributed by atoms with Crippen molar-refractivity contribution < 1.29 is 32.7 Å². The van der Waals surface area contributed by atoms with E-state index in [-0.39, 0.29) is 55.0 Å². The van der Waals surface area contributed by atoms with Gasteiger partial charge in [0.1, 0.15) is 13.9 Å². The van der Waals surface area contributed by atoms with Crippen molar-refractivity contribution in [3.05, 3.63) is 284 Å². The third-order valence-electron chi connectivity index (χ3n) is 16.4. The molecule has 0 saturated carbocycles. The Kier molecular flexibility index (Phi) is 13.5. The average Bonchev–Trinajstić information content (AvgIpc) is 0.768. The Morgan fingerprint density at radius 2 is 1.02 bits per heavy atom. The standard InChI is InChI=1S/C78H69N4OSi.Pt/c1-76(2,3)58-29-23-28-55(47-58)56-46-57(49-60(48-56)78(7,8)9)67-37-25-36-66(54-26-13-10-14-27-54)75(67)81-53-80(68-38-19-20-39-69(68)81)61-30-24-31-62(51-61)83-63-42-43-73-71(52-63)82(74-50-59(44-45-79-74)77(4,5)6)70-40-21-22-41-72(70)84(73,64-32-15-11-16-33-64)65-34-17-12-18-35-65;/h10-50,53H,1-9H3;/q-3;/i10D,13D,14D,26D,27D;. The van der Waals surface area contributed by atoms with Gasteiger partial charge in [0.05, 0.1) is 6.85 Å². The van der Waals surface area contributed by atoms with Crippen LogP contribution in [-0.2, 0) is 37.3 Å². The molecule has 0 N–H and O–H groups in total. The molecular formula is C78H69N4OPtSi-3. The van der Waals surface area contributed by atoms with Crippen LogP contribution < -0.4 is 40.2 Å². The van der Waals surface area contributed by atoms with E-state index in [1.807, 2.05) is 61.4 Å². The SMILES string of the molecule is [2H]c1c([2H])c([2H])c(-c2cccc(-c3cc(-c4cccc(C(C)(C)C)c4)cc(C(C)(C)C)c3)c2N2[CH-]N(c3[c-]c(Oc4[c-]c5c(cc4)[Si](c4ccccc4)(c4ccccc4)c4ccccc4N5c4cc(C(C)(C)C)ccn4)ccc3)c3ccccc32)c([2H])c1[2H].[Pt]. The number of anilines is 7. The quantitative estimate of drug-likeness (QED) is 0.101. The summed E-state index contributed by atoms with van der Waals surface area (Å²) in [5.74, 6) is 1.76. The Morgan fingerprint density at radius 3 is 1.71 bits per heavy atom. The molecule has 0 aliphatic carbocycles. The van der Waals surface area contributed by atoms with Crippen molar-refractivity contribution in [3.63, 3.8) is 0 Å². The third-order valence-corrected chi connectivity index (χ3v) is 21.3. The van der Waals surface area contributed by atoms with Crippen LogP contribution in [0, 0.1) is 18.8 Å². The first-order chi connectivity index (χ1) is 42.6. The van der Waals surface area contributed by atoms with E-state index in [2.05, 4.69) is 253 Å². The zero-order valence-electron chi connectivity index (χ0n) is 54.4. The molecule has 11 aromatic rings. The van der Waals surface area contributed by atoms with Crippen LogP contribution in [0.3, 0.4) is 0 Å². The molecule has 1 aromatic heterocycles. The summed E-state index contributed by atoms with van der Waals surface area (Å²) in [6.45, 7) is 22.0. The molecule has 2 aliphatic rings. The first-order valence-corrected chi connectivity index (χ1v) is 30.8. The summed E-state index contributed by atoms with van der Waals surface area (Å²) < 4.78 is 52.3. The van der Waals surface area contributed by atoms with Gasteiger partial charge in [0.25, 0.3) is 0 Å². The number of hydrogen-bond acceptors (Lipinski definition) is 5. The van der Waals surface area contributed by atoms with E-state index in [0.717, 1.165) is 67.1 Å².